The molecule has 11 nitrogen and oxygen atoms in total. The highest BCUT2D eigenvalue weighted by atomic mass is 19.1. The number of nitrogens with one attached hydrogen (secondary N) is 1. The molecule has 2 N–H and O–H groups in total. The summed E-state index contributed by atoms with van der Waals surface area (Å²) in [6, 6.07) is 13.6. The molecule has 0 aliphatic heterocycles. The van der Waals surface area contributed by atoms with E-state index in [-0.39, 0.29) is 33.7 Å². The van der Waals surface area contributed by atoms with Crippen molar-refractivity contribution in [2.75, 3.05) is 27.2 Å². The fourth-order valence-electron chi connectivity index (χ4n) is 4.93. The third-order valence-corrected chi connectivity index (χ3v) is 7.40. The van der Waals surface area contributed by atoms with Crippen molar-refractivity contribution in [2.24, 2.45) is 0 Å². The fourth-order valence-corrected chi connectivity index (χ4v) is 4.93. The molecule has 0 spiro atoms. The van der Waals surface area contributed by atoms with Crippen molar-refractivity contribution in [1.82, 2.24) is 34.8 Å². The van der Waals surface area contributed by atoms with E-state index in [1.165, 1.54) is 29.3 Å². The maximum Gasteiger partial charge on any atom is 0.283 e. The van der Waals surface area contributed by atoms with Crippen LogP contribution in [0.2, 0.25) is 0 Å². The zero-order chi connectivity index (χ0) is 32.5. The highest BCUT2D eigenvalue weighted by Gasteiger charge is 2.22. The molecule has 0 saturated carbocycles. The fraction of sp³-hybridized carbons (Fsp3) is 0.273. The molecule has 0 bridgehead atoms. The van der Waals surface area contributed by atoms with Crippen molar-refractivity contribution in [3.05, 3.63) is 99.5 Å². The highest BCUT2D eigenvalue weighted by molar-refractivity contribution is 5.95. The van der Waals surface area contributed by atoms with Crippen molar-refractivity contribution >= 4 is 16.7 Å². The second kappa shape index (κ2) is 12.4. The van der Waals surface area contributed by atoms with Gasteiger partial charge in [-0.05, 0) is 55.4 Å². The van der Waals surface area contributed by atoms with Gasteiger partial charge in [-0.25, -0.2) is 14.1 Å². The van der Waals surface area contributed by atoms with Gasteiger partial charge in [-0.15, -0.1) is 0 Å². The van der Waals surface area contributed by atoms with Crippen LogP contribution in [0.15, 0.2) is 65.8 Å². The van der Waals surface area contributed by atoms with E-state index in [2.05, 4.69) is 26.6 Å². The second-order valence-electron chi connectivity index (χ2n) is 11.9. The number of carbonyl (C=O) groups excluding carboxylic acids is 1. The number of pyridine rings is 1. The molecule has 5 rings (SSSR count). The van der Waals surface area contributed by atoms with Gasteiger partial charge in [0.15, 0.2) is 5.82 Å². The molecule has 45 heavy (non-hydrogen) atoms. The molecule has 0 radical (unpaired) electrons. The van der Waals surface area contributed by atoms with Crippen molar-refractivity contribution in [1.29, 1.82) is 5.26 Å². The first-order valence-electron chi connectivity index (χ1n) is 14.3. The minimum atomic E-state index is -0.732. The smallest absolute Gasteiger partial charge is 0.283 e. The molecule has 3 aromatic heterocycles. The van der Waals surface area contributed by atoms with Crippen LogP contribution in [0.4, 0.5) is 4.39 Å². The van der Waals surface area contributed by atoms with Gasteiger partial charge in [0.1, 0.15) is 17.6 Å². The molecule has 0 atom stereocenters. The number of nitriles is 1. The monoisotopic (exact) mass is 608 g/mol. The lowest BCUT2D eigenvalue weighted by Gasteiger charge is -2.20. The van der Waals surface area contributed by atoms with Gasteiger partial charge >= 0.3 is 0 Å². The molecule has 0 unspecified atom stereocenters. The normalized spacial score (nSPS) is 11.6. The van der Waals surface area contributed by atoms with E-state index in [0.717, 1.165) is 10.2 Å². The first-order chi connectivity index (χ1) is 21.4. The van der Waals surface area contributed by atoms with Gasteiger partial charge in [0.2, 0.25) is 0 Å². The number of fused-ring (bicyclic) bond motifs is 1. The summed E-state index contributed by atoms with van der Waals surface area (Å²) in [5, 5.41) is 32.4. The van der Waals surface area contributed by atoms with Crippen LogP contribution in [0.25, 0.3) is 33.5 Å². The van der Waals surface area contributed by atoms with E-state index in [9.17, 15) is 20.0 Å². The van der Waals surface area contributed by atoms with Gasteiger partial charge in [0.05, 0.1) is 29.4 Å². The molecule has 0 fully saturated rings. The third kappa shape index (κ3) is 6.22. The van der Waals surface area contributed by atoms with Crippen LogP contribution < -0.4 is 10.9 Å². The van der Waals surface area contributed by atoms with Crippen LogP contribution in [0.5, 0.6) is 0 Å². The second-order valence-corrected chi connectivity index (χ2v) is 11.9. The lowest BCUT2D eigenvalue weighted by atomic mass is 9.86. The number of carbonyl (C=O) groups is 1. The zero-order valence-electron chi connectivity index (χ0n) is 25.7. The SMILES string of the molecule is CN(C)CCNC(=O)c1cccc(-c2nn(-c3ccnc(-n4ncc5cc(C(C)(C)C)cc(F)c5c4=O)c3CO)cc2C#N)c1. The van der Waals surface area contributed by atoms with Gasteiger partial charge in [-0.2, -0.15) is 20.1 Å². The van der Waals surface area contributed by atoms with E-state index >= 15 is 4.39 Å². The van der Waals surface area contributed by atoms with Gasteiger partial charge in [-0.3, -0.25) is 9.59 Å². The summed E-state index contributed by atoms with van der Waals surface area (Å²) in [5.41, 5.74) is 1.67. The molecular formula is C33H33FN8O3. The van der Waals surface area contributed by atoms with Gasteiger partial charge in [-0.1, -0.05) is 32.9 Å². The van der Waals surface area contributed by atoms with E-state index in [1.54, 1.807) is 36.4 Å². The average Bonchev–Trinajstić information content (AvgIpc) is 3.44. The predicted molar refractivity (Wildman–Crippen MR) is 168 cm³/mol. The Balaban J connectivity index is 1.56. The molecule has 0 saturated heterocycles. The van der Waals surface area contributed by atoms with Crippen molar-refractivity contribution in [3.8, 4) is 28.8 Å². The molecule has 12 heteroatoms. The van der Waals surface area contributed by atoms with Gasteiger partial charge < -0.3 is 15.3 Å². The van der Waals surface area contributed by atoms with Crippen LogP contribution >= 0.6 is 0 Å². The largest absolute Gasteiger partial charge is 0.391 e. The number of hydrogen-bond acceptors (Lipinski definition) is 8. The molecule has 1 amide bonds. The Morgan fingerprint density at radius 1 is 1.18 bits per heavy atom. The molecule has 0 aliphatic rings. The highest BCUT2D eigenvalue weighted by Crippen LogP contribution is 2.29. The summed E-state index contributed by atoms with van der Waals surface area (Å²) < 4.78 is 17.6. The number of aromatic nitrogens is 5. The summed E-state index contributed by atoms with van der Waals surface area (Å²) in [7, 11) is 3.83. The van der Waals surface area contributed by atoms with Crippen LogP contribution in [0.3, 0.4) is 0 Å². The van der Waals surface area contributed by atoms with Crippen LogP contribution in [-0.4, -0.2) is 67.6 Å². The average molecular weight is 609 g/mol. The molecule has 230 valence electrons. The Hall–Kier alpha value is -5.25. The van der Waals surface area contributed by atoms with Crippen molar-refractivity contribution in [2.45, 2.75) is 32.8 Å². The van der Waals surface area contributed by atoms with Crippen LogP contribution in [0.1, 0.15) is 47.8 Å². The summed E-state index contributed by atoms with van der Waals surface area (Å²) in [5.74, 6) is -0.935. The summed E-state index contributed by atoms with van der Waals surface area (Å²) in [6.45, 7) is 6.45. The van der Waals surface area contributed by atoms with Crippen molar-refractivity contribution in [3.63, 3.8) is 0 Å². The first-order valence-corrected chi connectivity index (χ1v) is 14.3. The maximum absolute atomic E-state index is 15.3. The number of rotatable bonds is 8. The minimum Gasteiger partial charge on any atom is -0.391 e. The topological polar surface area (TPSA) is 142 Å². The third-order valence-electron chi connectivity index (χ3n) is 7.40. The molecule has 3 heterocycles. The van der Waals surface area contributed by atoms with E-state index in [1.807, 2.05) is 39.8 Å². The van der Waals surface area contributed by atoms with Crippen LogP contribution in [-0.2, 0) is 12.0 Å². The Morgan fingerprint density at radius 3 is 2.64 bits per heavy atom. The van der Waals surface area contributed by atoms with Gasteiger partial charge in [0, 0.05) is 47.6 Å². The zero-order valence-corrected chi connectivity index (χ0v) is 25.7. The number of likely N-dealkylation sites (N-methyl/N-ethyl adjacent to an activating group) is 1. The Labute approximate surface area is 259 Å². The lowest BCUT2D eigenvalue weighted by molar-refractivity contribution is 0.0951. The summed E-state index contributed by atoms with van der Waals surface area (Å²) in [6.07, 6.45) is 4.29. The molecule has 5 aromatic rings. The molecule has 2 aromatic carbocycles. The first kappa shape index (κ1) is 31.2. The number of hydrogen-bond donors (Lipinski definition) is 2. The Bertz CT molecular complexity index is 2020. The Morgan fingerprint density at radius 2 is 1.96 bits per heavy atom. The van der Waals surface area contributed by atoms with E-state index in [0.29, 0.717) is 41.0 Å². The number of benzene rings is 2. The number of aliphatic hydroxyl groups excluding tert-OH is 1. The maximum atomic E-state index is 15.3. The number of halogens is 1. The Kier molecular flexibility index (Phi) is 8.59. The summed E-state index contributed by atoms with van der Waals surface area (Å²) >= 11 is 0. The number of amides is 1. The minimum absolute atomic E-state index is 0.00634. The van der Waals surface area contributed by atoms with E-state index < -0.39 is 18.0 Å². The quantitative estimate of drug-likeness (QED) is 0.272. The van der Waals surface area contributed by atoms with Crippen LogP contribution in [0, 0.1) is 17.1 Å². The summed E-state index contributed by atoms with van der Waals surface area (Å²) in [4.78, 5) is 32.5. The number of nitrogens with zero attached hydrogens (tertiary/aromatic N) is 7. The van der Waals surface area contributed by atoms with E-state index in [4.69, 9.17) is 0 Å². The van der Waals surface area contributed by atoms with Gasteiger partial charge in [0.25, 0.3) is 11.5 Å². The lowest BCUT2D eigenvalue weighted by Crippen LogP contribution is -2.31. The number of aliphatic hydroxyl groups is 1. The molecule has 0 aliphatic carbocycles. The standard InChI is InChI=1S/C33H33FN8O3/c1-33(2,3)24-14-22-17-38-42(32(45)28(22)26(34)15-24)30-25(19-43)27(9-10-36-30)41-18-23(16-35)29(39-41)20-7-6-8-21(13-20)31(44)37-11-12-40(4)5/h6-10,13-15,17-18,43H,11-12,19H2,1-5H3,(H,37,44). The van der Waals surface area contributed by atoms with Crippen molar-refractivity contribution < 1.29 is 14.3 Å². The molecular weight excluding hydrogens is 575 g/mol. The predicted octanol–water partition coefficient (Wildman–Crippen LogP) is 3.73.